The molecule has 0 unspecified atom stereocenters. The summed E-state index contributed by atoms with van der Waals surface area (Å²) in [5, 5.41) is 10.8. The van der Waals surface area contributed by atoms with Gasteiger partial charge in [-0.15, -0.1) is 0 Å². The van der Waals surface area contributed by atoms with Gasteiger partial charge in [0.15, 0.2) is 5.82 Å². The maximum atomic E-state index is 13.5. The lowest BCUT2D eigenvalue weighted by molar-refractivity contribution is -0.139. The molecular weight excluding hydrogens is 331 g/mol. The predicted octanol–water partition coefficient (Wildman–Crippen LogP) is 4.07. The molecule has 2 aromatic rings. The number of fused-ring (bicyclic) bond motifs is 4. The van der Waals surface area contributed by atoms with Crippen molar-refractivity contribution < 1.29 is 9.18 Å². The second-order valence-corrected chi connectivity index (χ2v) is 7.78. The highest BCUT2D eigenvalue weighted by Crippen LogP contribution is 2.47. The van der Waals surface area contributed by atoms with Gasteiger partial charge < -0.3 is 10.2 Å². The number of H-pyrrole nitrogens is 1. The monoisotopic (exact) mass is 354 g/mol. The van der Waals surface area contributed by atoms with Crippen LogP contribution in [0.15, 0.2) is 24.3 Å². The van der Waals surface area contributed by atoms with Gasteiger partial charge in [-0.05, 0) is 43.9 Å². The van der Waals surface area contributed by atoms with Gasteiger partial charge in [0.25, 0.3) is 0 Å². The van der Waals surface area contributed by atoms with Gasteiger partial charge in [0.05, 0.1) is 6.04 Å². The van der Waals surface area contributed by atoms with Gasteiger partial charge in [0.2, 0.25) is 5.91 Å². The number of carbonyl (C=O) groups excluding carboxylic acids is 1. The number of hydrogen-bond acceptors (Lipinski definition) is 3. The molecule has 6 heteroatoms. The molecule has 1 aromatic carbocycles. The quantitative estimate of drug-likeness (QED) is 0.873. The molecule has 2 bridgehead atoms. The highest BCUT2D eigenvalue weighted by Gasteiger charge is 2.46. The second kappa shape index (κ2) is 6.11. The maximum absolute atomic E-state index is 13.5. The van der Waals surface area contributed by atoms with E-state index in [2.05, 4.69) is 20.4 Å². The first-order valence-electron chi connectivity index (χ1n) is 9.62. The van der Waals surface area contributed by atoms with Crippen LogP contribution in [-0.4, -0.2) is 27.0 Å². The van der Waals surface area contributed by atoms with Crippen molar-refractivity contribution in [1.82, 2.24) is 15.1 Å². The number of benzene rings is 1. The number of halogens is 1. The third kappa shape index (κ3) is 2.50. The summed E-state index contributed by atoms with van der Waals surface area (Å²) in [7, 11) is 0. The first kappa shape index (κ1) is 15.9. The molecule has 3 heterocycles. The summed E-state index contributed by atoms with van der Waals surface area (Å²) in [6.45, 7) is 0. The standard InChI is InChI=1S/C20H23FN4O/c21-13-6-3-7-14(10-13)22-19-18-16(23-24-19)11-15-8-9-17(18)25(15)20(26)12-4-1-2-5-12/h3,6-7,10,12,15,17H,1-2,4-5,8-9,11H2,(H2,22,23,24)/t15-,17-/m0/s1. The first-order chi connectivity index (χ1) is 12.7. The van der Waals surface area contributed by atoms with Crippen molar-refractivity contribution in [3.05, 3.63) is 41.3 Å². The van der Waals surface area contributed by atoms with Crippen LogP contribution >= 0.6 is 0 Å². The van der Waals surface area contributed by atoms with E-state index in [9.17, 15) is 9.18 Å². The lowest BCUT2D eigenvalue weighted by atomic mass is 9.96. The van der Waals surface area contributed by atoms with Gasteiger partial charge in [-0.25, -0.2) is 4.39 Å². The first-order valence-corrected chi connectivity index (χ1v) is 9.62. The van der Waals surface area contributed by atoms with Crippen molar-refractivity contribution in [3.8, 4) is 0 Å². The van der Waals surface area contributed by atoms with E-state index in [-0.39, 0.29) is 17.8 Å². The van der Waals surface area contributed by atoms with E-state index in [0.717, 1.165) is 49.2 Å². The molecule has 2 N–H and O–H groups in total. The third-order valence-corrected chi connectivity index (χ3v) is 6.20. The fourth-order valence-corrected chi connectivity index (χ4v) is 5.02. The Balaban J connectivity index is 1.46. The lowest BCUT2D eigenvalue weighted by Gasteiger charge is -2.36. The number of anilines is 2. The van der Waals surface area contributed by atoms with Crippen LogP contribution in [0.5, 0.6) is 0 Å². The van der Waals surface area contributed by atoms with Gasteiger partial charge in [0.1, 0.15) is 5.82 Å². The zero-order valence-electron chi connectivity index (χ0n) is 14.7. The molecule has 1 saturated carbocycles. The Morgan fingerprint density at radius 2 is 2.08 bits per heavy atom. The van der Waals surface area contributed by atoms with E-state index in [4.69, 9.17) is 0 Å². The molecule has 136 valence electrons. The molecule has 5 rings (SSSR count). The molecule has 0 spiro atoms. The van der Waals surface area contributed by atoms with Crippen LogP contribution in [0.1, 0.15) is 55.8 Å². The normalized spacial score (nSPS) is 24.7. The smallest absolute Gasteiger partial charge is 0.226 e. The zero-order valence-corrected chi connectivity index (χ0v) is 14.7. The number of rotatable bonds is 3. The molecule has 0 radical (unpaired) electrons. The summed E-state index contributed by atoms with van der Waals surface area (Å²) in [5.41, 5.74) is 2.88. The highest BCUT2D eigenvalue weighted by molar-refractivity contribution is 5.81. The highest BCUT2D eigenvalue weighted by atomic mass is 19.1. The van der Waals surface area contributed by atoms with Crippen molar-refractivity contribution in [2.75, 3.05) is 5.32 Å². The predicted molar refractivity (Wildman–Crippen MR) is 96.5 cm³/mol. The summed E-state index contributed by atoms with van der Waals surface area (Å²) < 4.78 is 13.5. The molecule has 1 aromatic heterocycles. The Hall–Kier alpha value is -2.37. The molecular formula is C20H23FN4O. The molecule has 2 atom stereocenters. The lowest BCUT2D eigenvalue weighted by Crippen LogP contribution is -2.44. The number of aromatic nitrogens is 2. The molecule has 2 aliphatic heterocycles. The van der Waals surface area contributed by atoms with Crippen LogP contribution in [0.4, 0.5) is 15.9 Å². The molecule has 1 amide bonds. The zero-order chi connectivity index (χ0) is 17.7. The molecule has 2 fully saturated rings. The second-order valence-electron chi connectivity index (χ2n) is 7.78. The van der Waals surface area contributed by atoms with Crippen LogP contribution in [-0.2, 0) is 11.2 Å². The molecule has 26 heavy (non-hydrogen) atoms. The van der Waals surface area contributed by atoms with E-state index in [0.29, 0.717) is 17.6 Å². The summed E-state index contributed by atoms with van der Waals surface area (Å²) in [6, 6.07) is 6.77. The summed E-state index contributed by atoms with van der Waals surface area (Å²) in [4.78, 5) is 15.3. The molecule has 1 saturated heterocycles. The van der Waals surface area contributed by atoms with Crippen molar-refractivity contribution >= 4 is 17.4 Å². The molecule has 1 aliphatic carbocycles. The number of nitrogens with zero attached hydrogens (tertiary/aromatic N) is 2. The van der Waals surface area contributed by atoms with Crippen LogP contribution < -0.4 is 5.32 Å². The van der Waals surface area contributed by atoms with E-state index in [1.54, 1.807) is 6.07 Å². The molecule has 3 aliphatic rings. The van der Waals surface area contributed by atoms with Crippen molar-refractivity contribution in [3.63, 3.8) is 0 Å². The number of amides is 1. The summed E-state index contributed by atoms with van der Waals surface area (Å²) >= 11 is 0. The van der Waals surface area contributed by atoms with E-state index in [1.807, 2.05) is 6.07 Å². The molecule has 5 nitrogen and oxygen atoms in total. The average Bonchev–Trinajstić information content (AvgIpc) is 3.35. The Bertz CT molecular complexity index is 842. The van der Waals surface area contributed by atoms with Gasteiger partial charge in [-0.3, -0.25) is 9.89 Å². The minimum atomic E-state index is -0.279. The van der Waals surface area contributed by atoms with Crippen LogP contribution in [0.25, 0.3) is 0 Å². The summed E-state index contributed by atoms with van der Waals surface area (Å²) in [5.74, 6) is 0.975. The van der Waals surface area contributed by atoms with Gasteiger partial charge in [-0.1, -0.05) is 18.9 Å². The SMILES string of the molecule is O=C(C1CCCC1)N1[C@H]2CC[C@H]1c1c(Nc3cccc(F)c3)n[nH]c1C2. The number of hydrogen-bond donors (Lipinski definition) is 2. The van der Waals surface area contributed by atoms with Crippen LogP contribution in [0.3, 0.4) is 0 Å². The average molecular weight is 354 g/mol. The Morgan fingerprint density at radius 3 is 2.88 bits per heavy atom. The van der Waals surface area contributed by atoms with Crippen LogP contribution in [0, 0.1) is 11.7 Å². The number of aromatic amines is 1. The van der Waals surface area contributed by atoms with E-state index in [1.165, 1.54) is 25.0 Å². The largest absolute Gasteiger partial charge is 0.338 e. The minimum Gasteiger partial charge on any atom is -0.338 e. The van der Waals surface area contributed by atoms with E-state index >= 15 is 0 Å². The summed E-state index contributed by atoms with van der Waals surface area (Å²) in [6.07, 6.45) is 7.26. The van der Waals surface area contributed by atoms with Crippen molar-refractivity contribution in [1.29, 1.82) is 0 Å². The maximum Gasteiger partial charge on any atom is 0.226 e. The van der Waals surface area contributed by atoms with Crippen molar-refractivity contribution in [2.45, 2.75) is 57.0 Å². The fraction of sp³-hybridized carbons (Fsp3) is 0.500. The third-order valence-electron chi connectivity index (χ3n) is 6.20. The van der Waals surface area contributed by atoms with Gasteiger partial charge in [-0.2, -0.15) is 5.10 Å². The topological polar surface area (TPSA) is 61.0 Å². The van der Waals surface area contributed by atoms with E-state index < -0.39 is 0 Å². The number of nitrogens with one attached hydrogen (secondary N) is 2. The van der Waals surface area contributed by atoms with Gasteiger partial charge >= 0.3 is 0 Å². The Kier molecular flexibility index (Phi) is 3.72. The fourth-order valence-electron chi connectivity index (χ4n) is 5.02. The minimum absolute atomic E-state index is 0.0895. The van der Waals surface area contributed by atoms with Crippen molar-refractivity contribution in [2.24, 2.45) is 5.92 Å². The Morgan fingerprint density at radius 1 is 1.23 bits per heavy atom. The Labute approximate surface area is 152 Å². The number of carbonyl (C=O) groups is 1. The van der Waals surface area contributed by atoms with Gasteiger partial charge in [0, 0.05) is 35.3 Å². The van der Waals surface area contributed by atoms with Crippen LogP contribution in [0.2, 0.25) is 0 Å².